The SMILES string of the molecule is Cc1c(F)ccc(NC(=O)c2cc(S(=O)(=O)NC(C)(O)C(F)(F)F)cn2C)c1F. The van der Waals surface area contributed by atoms with Crippen LogP contribution in [0.25, 0.3) is 0 Å². The third kappa shape index (κ3) is 4.57. The minimum absolute atomic E-state index is 0.209. The highest BCUT2D eigenvalue weighted by Crippen LogP contribution is 2.29. The van der Waals surface area contributed by atoms with Crippen LogP contribution < -0.4 is 10.0 Å². The number of halogens is 5. The normalized spacial score (nSPS) is 14.5. The summed E-state index contributed by atoms with van der Waals surface area (Å²) in [6.07, 6.45) is -4.47. The number of aryl methyl sites for hydroxylation is 1. The van der Waals surface area contributed by atoms with Gasteiger partial charge in [0.1, 0.15) is 16.4 Å². The van der Waals surface area contributed by atoms with Crippen molar-refractivity contribution < 1.29 is 40.3 Å². The summed E-state index contributed by atoms with van der Waals surface area (Å²) in [5, 5.41) is 11.5. The molecule has 7 nitrogen and oxygen atoms in total. The van der Waals surface area contributed by atoms with Gasteiger partial charge in [-0.2, -0.15) is 17.9 Å². The van der Waals surface area contributed by atoms with Gasteiger partial charge in [-0.15, -0.1) is 0 Å². The Morgan fingerprint density at radius 1 is 1.21 bits per heavy atom. The van der Waals surface area contributed by atoms with E-state index in [4.69, 9.17) is 0 Å². The molecule has 0 spiro atoms. The molecule has 1 heterocycles. The Morgan fingerprint density at radius 3 is 2.34 bits per heavy atom. The first-order chi connectivity index (χ1) is 13.1. The summed E-state index contributed by atoms with van der Waals surface area (Å²) in [7, 11) is -3.65. The van der Waals surface area contributed by atoms with Crippen molar-refractivity contribution in [3.05, 3.63) is 47.3 Å². The Kier molecular flexibility index (Phi) is 5.80. The van der Waals surface area contributed by atoms with Crippen LogP contribution in [0.15, 0.2) is 29.3 Å². The maximum atomic E-state index is 14.0. The molecule has 0 aliphatic carbocycles. The zero-order valence-corrected chi connectivity index (χ0v) is 16.0. The number of hydrogen-bond acceptors (Lipinski definition) is 4. The first-order valence-electron chi connectivity index (χ1n) is 7.82. The van der Waals surface area contributed by atoms with Crippen molar-refractivity contribution in [2.75, 3.05) is 5.32 Å². The summed E-state index contributed by atoms with van der Waals surface area (Å²) in [6, 6.07) is 2.61. The van der Waals surface area contributed by atoms with Gasteiger partial charge in [-0.25, -0.2) is 17.2 Å². The largest absolute Gasteiger partial charge is 0.431 e. The van der Waals surface area contributed by atoms with E-state index in [0.29, 0.717) is 0 Å². The van der Waals surface area contributed by atoms with Gasteiger partial charge in [0.2, 0.25) is 15.7 Å². The number of aliphatic hydroxyl groups is 1. The fourth-order valence-corrected chi connectivity index (χ4v) is 3.55. The van der Waals surface area contributed by atoms with E-state index < -0.39 is 44.4 Å². The topological polar surface area (TPSA) is 100 Å². The zero-order chi connectivity index (χ0) is 22.4. The number of sulfonamides is 1. The molecule has 1 aromatic carbocycles. The maximum Gasteiger partial charge on any atom is 0.431 e. The van der Waals surface area contributed by atoms with Crippen molar-refractivity contribution in [3.63, 3.8) is 0 Å². The molecule has 3 N–H and O–H groups in total. The van der Waals surface area contributed by atoms with Gasteiger partial charge in [-0.05, 0) is 32.0 Å². The second-order valence-electron chi connectivity index (χ2n) is 6.34. The Morgan fingerprint density at radius 2 is 1.79 bits per heavy atom. The quantitative estimate of drug-likeness (QED) is 0.490. The molecule has 160 valence electrons. The molecule has 0 radical (unpaired) electrons. The number of nitrogens with one attached hydrogen (secondary N) is 2. The van der Waals surface area contributed by atoms with Gasteiger partial charge in [0, 0.05) is 18.8 Å². The first kappa shape index (κ1) is 22.8. The highest BCUT2D eigenvalue weighted by Gasteiger charge is 2.52. The number of nitrogens with zero attached hydrogens (tertiary/aromatic N) is 1. The fourth-order valence-electron chi connectivity index (χ4n) is 2.23. The van der Waals surface area contributed by atoms with Crippen LogP contribution in [0, 0.1) is 18.6 Å². The minimum Gasteiger partial charge on any atom is -0.367 e. The Hall–Kier alpha value is -2.51. The molecule has 0 fully saturated rings. The predicted molar refractivity (Wildman–Crippen MR) is 91.5 cm³/mol. The standard InChI is InChI=1S/C16H16F5N3O4S/c1-8-10(17)4-5-11(13(8)18)22-14(25)12-6-9(7-24(12)3)29(27,28)23-15(2,26)16(19,20)21/h4-7,23,26H,1-3H3,(H,22,25). The van der Waals surface area contributed by atoms with Crippen LogP contribution in [0.2, 0.25) is 0 Å². The highest BCUT2D eigenvalue weighted by molar-refractivity contribution is 7.89. The fraction of sp³-hybridized carbons (Fsp3) is 0.312. The van der Waals surface area contributed by atoms with Gasteiger partial charge >= 0.3 is 6.18 Å². The summed E-state index contributed by atoms with van der Waals surface area (Å²) in [5.74, 6) is -2.87. The van der Waals surface area contributed by atoms with Crippen molar-refractivity contribution >= 4 is 21.6 Å². The van der Waals surface area contributed by atoms with E-state index in [-0.39, 0.29) is 23.9 Å². The monoisotopic (exact) mass is 441 g/mol. The van der Waals surface area contributed by atoms with E-state index in [1.807, 2.05) is 0 Å². The van der Waals surface area contributed by atoms with Crippen molar-refractivity contribution in [2.45, 2.75) is 30.6 Å². The van der Waals surface area contributed by atoms with E-state index in [1.54, 1.807) is 0 Å². The Balaban J connectivity index is 2.33. The third-order valence-corrected chi connectivity index (χ3v) is 5.49. The molecular weight excluding hydrogens is 425 g/mol. The van der Waals surface area contributed by atoms with Gasteiger partial charge in [-0.3, -0.25) is 4.79 Å². The highest BCUT2D eigenvalue weighted by atomic mass is 32.2. The Labute approximate surface area is 162 Å². The molecule has 0 saturated heterocycles. The lowest BCUT2D eigenvalue weighted by atomic mass is 10.2. The van der Waals surface area contributed by atoms with Crippen molar-refractivity contribution in [2.24, 2.45) is 7.05 Å². The maximum absolute atomic E-state index is 14.0. The van der Waals surface area contributed by atoms with Crippen molar-refractivity contribution in [3.8, 4) is 0 Å². The number of benzene rings is 1. The number of aromatic nitrogens is 1. The van der Waals surface area contributed by atoms with E-state index in [0.717, 1.165) is 40.6 Å². The van der Waals surface area contributed by atoms with Gasteiger partial charge in [-0.1, -0.05) is 0 Å². The van der Waals surface area contributed by atoms with E-state index in [1.165, 1.54) is 7.05 Å². The van der Waals surface area contributed by atoms with E-state index in [9.17, 15) is 40.3 Å². The van der Waals surface area contributed by atoms with Crippen LogP contribution in [0.1, 0.15) is 23.0 Å². The van der Waals surface area contributed by atoms with Crippen LogP contribution in [-0.4, -0.2) is 35.9 Å². The molecule has 13 heteroatoms. The number of carbonyl (C=O) groups excluding carboxylic acids is 1. The number of hydrogen-bond donors (Lipinski definition) is 3. The number of anilines is 1. The molecule has 29 heavy (non-hydrogen) atoms. The number of rotatable bonds is 5. The molecule has 2 aromatic rings. The molecule has 2 rings (SSSR count). The molecule has 1 aromatic heterocycles. The van der Waals surface area contributed by atoms with Crippen molar-refractivity contribution in [1.29, 1.82) is 0 Å². The van der Waals surface area contributed by atoms with Gasteiger partial charge in [0.25, 0.3) is 5.91 Å². The third-order valence-electron chi connectivity index (χ3n) is 3.98. The van der Waals surface area contributed by atoms with Crippen LogP contribution in [0.5, 0.6) is 0 Å². The molecule has 0 aliphatic rings. The number of alkyl halides is 3. The Bertz CT molecular complexity index is 1060. The average Bonchev–Trinajstić information content (AvgIpc) is 2.96. The lowest BCUT2D eigenvalue weighted by Crippen LogP contribution is -2.56. The zero-order valence-electron chi connectivity index (χ0n) is 15.2. The second kappa shape index (κ2) is 7.39. The predicted octanol–water partition coefficient (Wildman–Crippen LogP) is 2.41. The van der Waals surface area contributed by atoms with Gasteiger partial charge in [0.15, 0.2) is 5.82 Å². The van der Waals surface area contributed by atoms with E-state index >= 15 is 0 Å². The lowest BCUT2D eigenvalue weighted by Gasteiger charge is -2.26. The summed E-state index contributed by atoms with van der Waals surface area (Å²) < 4.78 is 91.9. The van der Waals surface area contributed by atoms with Crippen LogP contribution in [0.4, 0.5) is 27.6 Å². The summed E-state index contributed by atoms with van der Waals surface area (Å²) in [6.45, 7) is 1.35. The summed E-state index contributed by atoms with van der Waals surface area (Å²) >= 11 is 0. The first-order valence-corrected chi connectivity index (χ1v) is 9.30. The molecule has 0 saturated carbocycles. The van der Waals surface area contributed by atoms with E-state index in [2.05, 4.69) is 5.32 Å². The van der Waals surface area contributed by atoms with Crippen molar-refractivity contribution in [1.82, 2.24) is 9.29 Å². The molecule has 1 amide bonds. The summed E-state index contributed by atoms with van der Waals surface area (Å²) in [4.78, 5) is 11.6. The molecule has 0 bridgehead atoms. The minimum atomic E-state index is -5.30. The molecule has 1 unspecified atom stereocenters. The van der Waals surface area contributed by atoms with Gasteiger partial charge < -0.3 is 15.0 Å². The number of carbonyl (C=O) groups is 1. The van der Waals surface area contributed by atoms with Crippen LogP contribution in [0.3, 0.4) is 0 Å². The van der Waals surface area contributed by atoms with Crippen LogP contribution in [-0.2, 0) is 17.1 Å². The van der Waals surface area contributed by atoms with Gasteiger partial charge in [0.05, 0.1) is 5.69 Å². The average molecular weight is 441 g/mol. The lowest BCUT2D eigenvalue weighted by molar-refractivity contribution is -0.257. The smallest absolute Gasteiger partial charge is 0.367 e. The molecular formula is C16H16F5N3O4S. The molecule has 1 atom stereocenters. The molecule has 0 aliphatic heterocycles. The number of amides is 1. The van der Waals surface area contributed by atoms with Crippen LogP contribution >= 0.6 is 0 Å². The second-order valence-corrected chi connectivity index (χ2v) is 8.02. The summed E-state index contributed by atoms with van der Waals surface area (Å²) in [5.41, 5.74) is -4.83.